The van der Waals surface area contributed by atoms with Crippen molar-refractivity contribution >= 4 is 17.7 Å². The SMILES string of the molecule is O=C=NCc1ccccc1N1CCC(=O)N1. The summed E-state index contributed by atoms with van der Waals surface area (Å²) < 4.78 is 0. The predicted octanol–water partition coefficient (Wildman–Crippen LogP) is 0.764. The van der Waals surface area contributed by atoms with Crippen molar-refractivity contribution in [2.45, 2.75) is 13.0 Å². The first kappa shape index (κ1) is 10.4. The van der Waals surface area contributed by atoms with Crippen molar-refractivity contribution in [3.8, 4) is 0 Å². The molecule has 0 radical (unpaired) electrons. The second-order valence-corrected chi connectivity index (χ2v) is 3.47. The molecule has 1 fully saturated rings. The van der Waals surface area contributed by atoms with Crippen molar-refractivity contribution in [3.63, 3.8) is 0 Å². The number of carbonyl (C=O) groups excluding carboxylic acids is 2. The fraction of sp³-hybridized carbons (Fsp3) is 0.273. The van der Waals surface area contributed by atoms with Crippen LogP contribution in [0.4, 0.5) is 5.69 Å². The number of amides is 1. The molecule has 5 heteroatoms. The Balaban J connectivity index is 2.25. The summed E-state index contributed by atoms with van der Waals surface area (Å²) in [6.07, 6.45) is 2.00. The Bertz CT molecular complexity index is 452. The van der Waals surface area contributed by atoms with Gasteiger partial charge in [-0.25, -0.2) is 9.79 Å². The fourth-order valence-corrected chi connectivity index (χ4v) is 1.68. The summed E-state index contributed by atoms with van der Waals surface area (Å²) in [5.74, 6) is 0.00805. The average Bonchev–Trinajstić information content (AvgIpc) is 2.73. The summed E-state index contributed by atoms with van der Waals surface area (Å²) in [7, 11) is 0. The predicted molar refractivity (Wildman–Crippen MR) is 58.4 cm³/mol. The Morgan fingerprint density at radius 2 is 2.25 bits per heavy atom. The summed E-state index contributed by atoms with van der Waals surface area (Å²) in [4.78, 5) is 24.7. The highest BCUT2D eigenvalue weighted by Crippen LogP contribution is 2.21. The van der Waals surface area contributed by atoms with E-state index in [1.807, 2.05) is 24.3 Å². The number of nitrogens with one attached hydrogen (secondary N) is 1. The Hall–Kier alpha value is -2.13. The summed E-state index contributed by atoms with van der Waals surface area (Å²) in [6.45, 7) is 0.923. The average molecular weight is 217 g/mol. The van der Waals surface area contributed by atoms with Crippen LogP contribution in [0.1, 0.15) is 12.0 Å². The highest BCUT2D eigenvalue weighted by molar-refractivity contribution is 5.81. The van der Waals surface area contributed by atoms with Crippen molar-refractivity contribution in [1.82, 2.24) is 5.43 Å². The molecule has 1 aliphatic heterocycles. The van der Waals surface area contributed by atoms with Crippen molar-refractivity contribution in [1.29, 1.82) is 0 Å². The van der Waals surface area contributed by atoms with Crippen molar-refractivity contribution in [3.05, 3.63) is 29.8 Å². The van der Waals surface area contributed by atoms with Gasteiger partial charge in [0.2, 0.25) is 12.0 Å². The molecule has 1 saturated heterocycles. The fourth-order valence-electron chi connectivity index (χ4n) is 1.68. The third-order valence-corrected chi connectivity index (χ3v) is 2.42. The largest absolute Gasteiger partial charge is 0.285 e. The number of anilines is 1. The van der Waals surface area contributed by atoms with E-state index < -0.39 is 0 Å². The van der Waals surface area contributed by atoms with Crippen LogP contribution in [-0.4, -0.2) is 18.5 Å². The van der Waals surface area contributed by atoms with Gasteiger partial charge in [0.25, 0.3) is 0 Å². The Morgan fingerprint density at radius 1 is 1.44 bits per heavy atom. The zero-order valence-electron chi connectivity index (χ0n) is 8.64. The van der Waals surface area contributed by atoms with Gasteiger partial charge in [-0.3, -0.25) is 15.2 Å². The molecule has 0 unspecified atom stereocenters. The minimum atomic E-state index is 0.00805. The maximum Gasteiger partial charge on any atom is 0.240 e. The van der Waals surface area contributed by atoms with Crippen LogP contribution in [0.2, 0.25) is 0 Å². The van der Waals surface area contributed by atoms with Gasteiger partial charge in [-0.2, -0.15) is 0 Å². The number of benzene rings is 1. The van der Waals surface area contributed by atoms with Gasteiger partial charge >= 0.3 is 0 Å². The van der Waals surface area contributed by atoms with Crippen LogP contribution in [0.15, 0.2) is 29.3 Å². The maximum absolute atomic E-state index is 11.1. The Kier molecular flexibility index (Phi) is 2.98. The molecule has 1 amide bonds. The van der Waals surface area contributed by atoms with Crippen molar-refractivity contribution in [2.24, 2.45) is 4.99 Å². The first-order valence-corrected chi connectivity index (χ1v) is 5.00. The van der Waals surface area contributed by atoms with E-state index in [0.717, 1.165) is 11.3 Å². The van der Waals surface area contributed by atoms with Gasteiger partial charge in [-0.05, 0) is 11.6 Å². The molecule has 1 heterocycles. The summed E-state index contributed by atoms with van der Waals surface area (Å²) in [6, 6.07) is 7.52. The number of hydrazine groups is 1. The molecule has 0 atom stereocenters. The van der Waals surface area contributed by atoms with Gasteiger partial charge in [-0.15, -0.1) is 0 Å². The van der Waals surface area contributed by atoms with E-state index in [1.54, 1.807) is 5.01 Å². The van der Waals surface area contributed by atoms with E-state index in [-0.39, 0.29) is 12.5 Å². The highest BCUT2D eigenvalue weighted by atomic mass is 16.2. The van der Waals surface area contributed by atoms with Gasteiger partial charge in [0, 0.05) is 13.0 Å². The zero-order chi connectivity index (χ0) is 11.4. The molecule has 82 valence electrons. The maximum atomic E-state index is 11.1. The van der Waals surface area contributed by atoms with Gasteiger partial charge in [0.1, 0.15) is 0 Å². The van der Waals surface area contributed by atoms with Crippen LogP contribution >= 0.6 is 0 Å². The van der Waals surface area contributed by atoms with E-state index in [4.69, 9.17) is 0 Å². The molecule has 1 aromatic rings. The minimum Gasteiger partial charge on any atom is -0.285 e. The Labute approximate surface area is 92.7 Å². The molecule has 0 aliphatic carbocycles. The molecular formula is C11H11N3O2. The second kappa shape index (κ2) is 4.59. The summed E-state index contributed by atoms with van der Waals surface area (Å²) in [5.41, 5.74) is 4.52. The van der Waals surface area contributed by atoms with Crippen LogP contribution in [0.5, 0.6) is 0 Å². The van der Waals surface area contributed by atoms with Crippen LogP contribution in [-0.2, 0) is 16.1 Å². The number of carbonyl (C=O) groups is 1. The zero-order valence-corrected chi connectivity index (χ0v) is 8.64. The lowest BCUT2D eigenvalue weighted by molar-refractivity contribution is -0.119. The molecule has 0 spiro atoms. The van der Waals surface area contributed by atoms with E-state index in [1.165, 1.54) is 6.08 Å². The molecule has 1 N–H and O–H groups in total. The van der Waals surface area contributed by atoms with E-state index in [2.05, 4.69) is 10.4 Å². The van der Waals surface area contributed by atoms with E-state index in [0.29, 0.717) is 13.0 Å². The molecule has 0 saturated carbocycles. The summed E-state index contributed by atoms with van der Waals surface area (Å²) in [5, 5.41) is 1.78. The lowest BCUT2D eigenvalue weighted by Crippen LogP contribution is -2.33. The lowest BCUT2D eigenvalue weighted by atomic mass is 10.1. The standard InChI is InChI=1S/C11H11N3O2/c15-8-12-7-9-3-1-2-4-10(9)14-6-5-11(16)13-14/h1-4H,5-7H2,(H,13,16). The van der Waals surface area contributed by atoms with Crippen molar-refractivity contribution in [2.75, 3.05) is 11.6 Å². The normalized spacial score (nSPS) is 14.5. The number of hydrogen-bond donors (Lipinski definition) is 1. The molecule has 5 nitrogen and oxygen atoms in total. The first-order chi connectivity index (χ1) is 7.81. The van der Waals surface area contributed by atoms with Crippen LogP contribution in [0.25, 0.3) is 0 Å². The molecular weight excluding hydrogens is 206 g/mol. The minimum absolute atomic E-state index is 0.00805. The van der Waals surface area contributed by atoms with Crippen LogP contribution in [0.3, 0.4) is 0 Å². The number of rotatable bonds is 3. The Morgan fingerprint density at radius 3 is 2.94 bits per heavy atom. The number of hydrogen-bond acceptors (Lipinski definition) is 4. The number of nitrogens with zero attached hydrogens (tertiary/aromatic N) is 2. The van der Waals surface area contributed by atoms with Crippen LogP contribution in [0, 0.1) is 0 Å². The molecule has 0 aromatic heterocycles. The second-order valence-electron chi connectivity index (χ2n) is 3.47. The van der Waals surface area contributed by atoms with Gasteiger partial charge in [0.05, 0.1) is 12.2 Å². The smallest absolute Gasteiger partial charge is 0.240 e. The molecule has 1 aliphatic rings. The molecule has 1 aromatic carbocycles. The summed E-state index contributed by atoms with van der Waals surface area (Å²) >= 11 is 0. The highest BCUT2D eigenvalue weighted by Gasteiger charge is 2.20. The third kappa shape index (κ3) is 2.10. The lowest BCUT2D eigenvalue weighted by Gasteiger charge is -2.19. The number of isocyanates is 1. The number of para-hydroxylation sites is 1. The first-order valence-electron chi connectivity index (χ1n) is 5.00. The van der Waals surface area contributed by atoms with Gasteiger partial charge in [0.15, 0.2) is 0 Å². The van der Waals surface area contributed by atoms with Gasteiger partial charge in [-0.1, -0.05) is 18.2 Å². The topological polar surface area (TPSA) is 61.8 Å². The van der Waals surface area contributed by atoms with Crippen molar-refractivity contribution < 1.29 is 9.59 Å². The van der Waals surface area contributed by atoms with Crippen LogP contribution < -0.4 is 10.4 Å². The van der Waals surface area contributed by atoms with E-state index >= 15 is 0 Å². The molecule has 16 heavy (non-hydrogen) atoms. The quantitative estimate of drug-likeness (QED) is 0.600. The molecule has 2 rings (SSSR count). The number of aliphatic imine (C=N–C) groups is 1. The van der Waals surface area contributed by atoms with Gasteiger partial charge < -0.3 is 0 Å². The monoisotopic (exact) mass is 217 g/mol. The molecule has 0 bridgehead atoms. The van der Waals surface area contributed by atoms with E-state index in [9.17, 15) is 9.59 Å². The third-order valence-electron chi connectivity index (χ3n) is 2.42.